The first-order valence-electron chi connectivity index (χ1n) is 4.53. The molecule has 0 aliphatic heterocycles. The minimum Gasteiger partial charge on any atom is -0.360 e. The Bertz CT molecular complexity index is 434. The SMILES string of the molecule is CC.O=Cc1c[nH]c2ccc(Cl)cc12. The molecule has 1 aromatic heterocycles. The van der Waals surface area contributed by atoms with E-state index in [1.165, 1.54) is 0 Å². The number of aromatic amines is 1. The number of aromatic nitrogens is 1. The minimum absolute atomic E-state index is 0.644. The second kappa shape index (κ2) is 4.82. The van der Waals surface area contributed by atoms with Crippen molar-refractivity contribution in [2.45, 2.75) is 13.8 Å². The van der Waals surface area contributed by atoms with Crippen molar-refractivity contribution >= 4 is 28.8 Å². The normalized spacial score (nSPS) is 9.36. The lowest BCUT2D eigenvalue weighted by molar-refractivity contribution is 0.112. The standard InChI is InChI=1S/C9H6ClNO.C2H6/c10-7-1-2-9-8(3-7)6(5-12)4-11-9;1-2/h1-5,11H;1-2H3. The molecule has 0 aliphatic rings. The van der Waals surface area contributed by atoms with Gasteiger partial charge in [-0.1, -0.05) is 25.4 Å². The van der Waals surface area contributed by atoms with Gasteiger partial charge in [0.25, 0.3) is 0 Å². The maximum absolute atomic E-state index is 10.5. The van der Waals surface area contributed by atoms with Crippen LogP contribution >= 0.6 is 11.6 Å². The van der Waals surface area contributed by atoms with Crippen LogP contribution in [0.3, 0.4) is 0 Å². The summed E-state index contributed by atoms with van der Waals surface area (Å²) in [5.41, 5.74) is 1.58. The van der Waals surface area contributed by atoms with Gasteiger partial charge in [-0.2, -0.15) is 0 Å². The van der Waals surface area contributed by atoms with Crippen molar-refractivity contribution in [2.24, 2.45) is 0 Å². The zero-order valence-corrected chi connectivity index (χ0v) is 8.93. The highest BCUT2D eigenvalue weighted by molar-refractivity contribution is 6.31. The Kier molecular flexibility index (Phi) is 3.72. The number of rotatable bonds is 1. The molecule has 0 amide bonds. The molecule has 1 N–H and O–H groups in total. The van der Waals surface area contributed by atoms with Crippen molar-refractivity contribution in [3.8, 4) is 0 Å². The molecular formula is C11H12ClNO. The van der Waals surface area contributed by atoms with E-state index in [1.807, 2.05) is 19.9 Å². The molecule has 0 spiro atoms. The lowest BCUT2D eigenvalue weighted by Gasteiger charge is -1.90. The van der Waals surface area contributed by atoms with E-state index in [0.717, 1.165) is 17.2 Å². The summed E-state index contributed by atoms with van der Waals surface area (Å²) in [6.07, 6.45) is 2.49. The molecule has 3 heteroatoms. The Morgan fingerprint density at radius 2 is 2.07 bits per heavy atom. The second-order valence-corrected chi connectivity index (χ2v) is 2.99. The van der Waals surface area contributed by atoms with E-state index in [9.17, 15) is 4.79 Å². The monoisotopic (exact) mass is 209 g/mol. The topological polar surface area (TPSA) is 32.9 Å². The zero-order chi connectivity index (χ0) is 10.6. The van der Waals surface area contributed by atoms with E-state index in [1.54, 1.807) is 18.3 Å². The van der Waals surface area contributed by atoms with E-state index in [2.05, 4.69) is 4.98 Å². The summed E-state index contributed by atoms with van der Waals surface area (Å²) in [4.78, 5) is 13.5. The molecular weight excluding hydrogens is 198 g/mol. The van der Waals surface area contributed by atoms with E-state index in [-0.39, 0.29) is 0 Å². The Morgan fingerprint density at radius 3 is 2.71 bits per heavy atom. The first-order valence-corrected chi connectivity index (χ1v) is 4.91. The summed E-state index contributed by atoms with van der Waals surface area (Å²) in [5.74, 6) is 0. The molecule has 2 rings (SSSR count). The predicted octanol–water partition coefficient (Wildman–Crippen LogP) is 3.66. The highest BCUT2D eigenvalue weighted by atomic mass is 35.5. The van der Waals surface area contributed by atoms with Gasteiger partial charge in [0, 0.05) is 27.7 Å². The highest BCUT2D eigenvalue weighted by Crippen LogP contribution is 2.20. The number of hydrogen-bond acceptors (Lipinski definition) is 1. The summed E-state index contributed by atoms with van der Waals surface area (Å²) in [7, 11) is 0. The molecule has 0 saturated carbocycles. The van der Waals surface area contributed by atoms with Crippen molar-refractivity contribution in [3.63, 3.8) is 0 Å². The van der Waals surface area contributed by atoms with Gasteiger partial charge in [0.1, 0.15) is 0 Å². The fourth-order valence-electron chi connectivity index (χ4n) is 1.21. The van der Waals surface area contributed by atoms with Gasteiger partial charge in [-0.15, -0.1) is 0 Å². The van der Waals surface area contributed by atoms with Crippen LogP contribution in [0.5, 0.6) is 0 Å². The highest BCUT2D eigenvalue weighted by Gasteiger charge is 2.01. The van der Waals surface area contributed by atoms with E-state index >= 15 is 0 Å². The second-order valence-electron chi connectivity index (χ2n) is 2.55. The van der Waals surface area contributed by atoms with Crippen LogP contribution < -0.4 is 0 Å². The maximum Gasteiger partial charge on any atom is 0.152 e. The minimum atomic E-state index is 0.644. The third-order valence-electron chi connectivity index (χ3n) is 1.80. The number of fused-ring (bicyclic) bond motifs is 1. The number of carbonyl (C=O) groups excluding carboxylic acids is 1. The van der Waals surface area contributed by atoms with Crippen molar-refractivity contribution in [3.05, 3.63) is 35.0 Å². The van der Waals surface area contributed by atoms with Crippen LogP contribution in [-0.4, -0.2) is 11.3 Å². The molecule has 2 aromatic rings. The third kappa shape index (κ3) is 1.96. The molecule has 1 heterocycles. The van der Waals surface area contributed by atoms with Crippen LogP contribution in [0.2, 0.25) is 5.02 Å². The summed E-state index contributed by atoms with van der Waals surface area (Å²) in [5, 5.41) is 1.52. The van der Waals surface area contributed by atoms with Crippen LogP contribution in [-0.2, 0) is 0 Å². The molecule has 74 valence electrons. The smallest absolute Gasteiger partial charge is 0.152 e. The largest absolute Gasteiger partial charge is 0.360 e. The van der Waals surface area contributed by atoms with Crippen molar-refractivity contribution in [1.82, 2.24) is 4.98 Å². The Balaban J connectivity index is 0.000000461. The van der Waals surface area contributed by atoms with Gasteiger partial charge >= 0.3 is 0 Å². The molecule has 0 saturated heterocycles. The van der Waals surface area contributed by atoms with E-state index < -0.39 is 0 Å². The van der Waals surface area contributed by atoms with Crippen LogP contribution in [0.25, 0.3) is 10.9 Å². The van der Waals surface area contributed by atoms with Crippen LogP contribution in [0.1, 0.15) is 24.2 Å². The molecule has 0 fully saturated rings. The summed E-state index contributed by atoms with van der Waals surface area (Å²) < 4.78 is 0. The van der Waals surface area contributed by atoms with Crippen molar-refractivity contribution < 1.29 is 4.79 Å². The van der Waals surface area contributed by atoms with E-state index in [0.29, 0.717) is 10.6 Å². The third-order valence-corrected chi connectivity index (χ3v) is 2.04. The molecule has 0 aliphatic carbocycles. The number of halogens is 1. The molecule has 14 heavy (non-hydrogen) atoms. The summed E-state index contributed by atoms with van der Waals surface area (Å²) >= 11 is 5.77. The number of carbonyl (C=O) groups is 1. The average Bonchev–Trinajstić information content (AvgIpc) is 2.63. The molecule has 0 unspecified atom stereocenters. The molecule has 2 nitrogen and oxygen atoms in total. The number of H-pyrrole nitrogens is 1. The first kappa shape index (κ1) is 10.8. The lowest BCUT2D eigenvalue weighted by atomic mass is 10.2. The number of benzene rings is 1. The summed E-state index contributed by atoms with van der Waals surface area (Å²) in [6, 6.07) is 5.41. The van der Waals surface area contributed by atoms with Gasteiger partial charge < -0.3 is 4.98 Å². The van der Waals surface area contributed by atoms with Crippen LogP contribution in [0.4, 0.5) is 0 Å². The maximum atomic E-state index is 10.5. The first-order chi connectivity index (χ1) is 6.81. The average molecular weight is 210 g/mol. The Hall–Kier alpha value is -1.28. The van der Waals surface area contributed by atoms with Gasteiger partial charge in [0.05, 0.1) is 0 Å². The van der Waals surface area contributed by atoms with Crippen LogP contribution in [0, 0.1) is 0 Å². The molecule has 1 aromatic carbocycles. The Labute approximate surface area is 87.9 Å². The van der Waals surface area contributed by atoms with Crippen LogP contribution in [0.15, 0.2) is 24.4 Å². The number of hydrogen-bond donors (Lipinski definition) is 1. The fraction of sp³-hybridized carbons (Fsp3) is 0.182. The predicted molar refractivity (Wildman–Crippen MR) is 60.0 cm³/mol. The van der Waals surface area contributed by atoms with Gasteiger partial charge in [-0.05, 0) is 18.2 Å². The number of nitrogens with one attached hydrogen (secondary N) is 1. The molecule has 0 bridgehead atoms. The van der Waals surface area contributed by atoms with E-state index in [4.69, 9.17) is 11.6 Å². The molecule has 0 atom stereocenters. The van der Waals surface area contributed by atoms with Crippen molar-refractivity contribution in [2.75, 3.05) is 0 Å². The summed E-state index contributed by atoms with van der Waals surface area (Å²) in [6.45, 7) is 4.00. The van der Waals surface area contributed by atoms with Gasteiger partial charge in [-0.3, -0.25) is 4.79 Å². The van der Waals surface area contributed by atoms with Gasteiger partial charge in [-0.25, -0.2) is 0 Å². The number of aldehydes is 1. The van der Waals surface area contributed by atoms with Gasteiger partial charge in [0.15, 0.2) is 6.29 Å². The lowest BCUT2D eigenvalue weighted by Crippen LogP contribution is -1.73. The van der Waals surface area contributed by atoms with Crippen molar-refractivity contribution in [1.29, 1.82) is 0 Å². The van der Waals surface area contributed by atoms with Gasteiger partial charge in [0.2, 0.25) is 0 Å². The quantitative estimate of drug-likeness (QED) is 0.715. The zero-order valence-electron chi connectivity index (χ0n) is 8.17. The molecule has 0 radical (unpaired) electrons. The fourth-order valence-corrected chi connectivity index (χ4v) is 1.38. The Morgan fingerprint density at radius 1 is 1.36 bits per heavy atom.